The van der Waals surface area contributed by atoms with Crippen LogP contribution in [0.2, 0.25) is 0 Å². The summed E-state index contributed by atoms with van der Waals surface area (Å²) in [7, 11) is 0. The van der Waals surface area contributed by atoms with E-state index in [1.807, 2.05) is 6.92 Å². The van der Waals surface area contributed by atoms with Crippen LogP contribution in [-0.4, -0.2) is 29.3 Å². The second-order valence-electron chi connectivity index (χ2n) is 3.44. The van der Waals surface area contributed by atoms with Crippen molar-refractivity contribution in [3.05, 3.63) is 29.8 Å². The van der Waals surface area contributed by atoms with Crippen molar-refractivity contribution in [2.24, 2.45) is 0 Å². The highest BCUT2D eigenvalue weighted by Gasteiger charge is 2.10. The molecule has 0 aromatic heterocycles. The summed E-state index contributed by atoms with van der Waals surface area (Å²) in [5.41, 5.74) is 0.237. The molecule has 17 heavy (non-hydrogen) atoms. The number of carbonyl (C=O) groups is 2. The van der Waals surface area contributed by atoms with E-state index >= 15 is 0 Å². The molecule has 0 saturated heterocycles. The van der Waals surface area contributed by atoms with Crippen molar-refractivity contribution in [1.29, 1.82) is 0 Å². The van der Waals surface area contributed by atoms with Crippen molar-refractivity contribution >= 4 is 23.6 Å². The maximum absolute atomic E-state index is 11.4. The minimum Gasteiger partial charge on any atom is -0.478 e. The Hall–Kier alpha value is -1.49. The fraction of sp³-hybridized carbons (Fsp3) is 0.333. The molecule has 0 aliphatic carbocycles. The minimum atomic E-state index is -0.970. The Kier molecular flexibility index (Phi) is 5.56. The number of carboxylic acid groups (broad SMARTS) is 1. The van der Waals surface area contributed by atoms with Crippen molar-refractivity contribution in [3.63, 3.8) is 0 Å². The summed E-state index contributed by atoms with van der Waals surface area (Å²) in [6.45, 7) is 2.63. The van der Waals surface area contributed by atoms with Gasteiger partial charge in [0.25, 0.3) is 0 Å². The molecule has 0 aliphatic heterocycles. The lowest BCUT2D eigenvalue weighted by Gasteiger charge is -2.05. The highest BCUT2D eigenvalue weighted by Crippen LogP contribution is 2.22. The zero-order valence-corrected chi connectivity index (χ0v) is 10.4. The van der Waals surface area contributed by atoms with Crippen molar-refractivity contribution in [2.75, 3.05) is 12.3 Å². The number of benzene rings is 1. The van der Waals surface area contributed by atoms with Crippen LogP contribution in [0.3, 0.4) is 0 Å². The summed E-state index contributed by atoms with van der Waals surface area (Å²) in [4.78, 5) is 22.9. The van der Waals surface area contributed by atoms with Crippen LogP contribution >= 0.6 is 11.8 Å². The van der Waals surface area contributed by atoms with E-state index in [1.54, 1.807) is 18.2 Å². The Labute approximate surface area is 104 Å². The zero-order chi connectivity index (χ0) is 12.7. The van der Waals surface area contributed by atoms with Gasteiger partial charge >= 0.3 is 5.97 Å². The highest BCUT2D eigenvalue weighted by atomic mass is 32.2. The first-order valence-electron chi connectivity index (χ1n) is 5.37. The van der Waals surface area contributed by atoms with Crippen LogP contribution < -0.4 is 5.32 Å². The molecular weight excluding hydrogens is 238 g/mol. The van der Waals surface area contributed by atoms with E-state index in [0.29, 0.717) is 11.4 Å². The molecule has 1 aromatic carbocycles. The SMILES string of the molecule is CCCNC(=O)CSc1ccccc1C(=O)O. The number of aromatic carboxylic acids is 1. The molecule has 0 radical (unpaired) electrons. The van der Waals surface area contributed by atoms with E-state index in [-0.39, 0.29) is 17.2 Å². The van der Waals surface area contributed by atoms with Gasteiger partial charge in [-0.2, -0.15) is 0 Å². The lowest BCUT2D eigenvalue weighted by Crippen LogP contribution is -2.25. The number of thioether (sulfide) groups is 1. The molecular formula is C12H15NO3S. The van der Waals surface area contributed by atoms with Gasteiger partial charge in [-0.05, 0) is 18.6 Å². The van der Waals surface area contributed by atoms with Gasteiger partial charge in [-0.25, -0.2) is 4.79 Å². The van der Waals surface area contributed by atoms with Crippen LogP contribution in [0, 0.1) is 0 Å². The first kappa shape index (κ1) is 13.6. The minimum absolute atomic E-state index is 0.0722. The Balaban J connectivity index is 2.57. The normalized spacial score (nSPS) is 9.94. The van der Waals surface area contributed by atoms with E-state index in [2.05, 4.69) is 5.32 Å². The topological polar surface area (TPSA) is 66.4 Å². The molecule has 4 nitrogen and oxygen atoms in total. The van der Waals surface area contributed by atoms with Crippen molar-refractivity contribution in [3.8, 4) is 0 Å². The van der Waals surface area contributed by atoms with Gasteiger partial charge in [0.05, 0.1) is 11.3 Å². The average Bonchev–Trinajstić information content (AvgIpc) is 2.34. The molecule has 0 spiro atoms. The Morgan fingerprint density at radius 2 is 2.06 bits per heavy atom. The van der Waals surface area contributed by atoms with E-state index in [0.717, 1.165) is 6.42 Å². The third-order valence-corrected chi connectivity index (χ3v) is 3.12. The molecule has 0 atom stereocenters. The summed E-state index contributed by atoms with van der Waals surface area (Å²) < 4.78 is 0. The molecule has 0 heterocycles. The number of rotatable bonds is 6. The Bertz CT molecular complexity index is 406. The van der Waals surface area contributed by atoms with Gasteiger partial charge in [-0.3, -0.25) is 4.79 Å². The molecule has 5 heteroatoms. The van der Waals surface area contributed by atoms with Crippen molar-refractivity contribution in [2.45, 2.75) is 18.2 Å². The molecule has 0 fully saturated rings. The number of carboxylic acids is 1. The molecule has 1 amide bonds. The molecule has 0 bridgehead atoms. The number of amides is 1. The molecule has 2 N–H and O–H groups in total. The maximum atomic E-state index is 11.4. The van der Waals surface area contributed by atoms with Gasteiger partial charge in [0.15, 0.2) is 0 Å². The predicted molar refractivity (Wildman–Crippen MR) is 67.4 cm³/mol. The van der Waals surface area contributed by atoms with Gasteiger partial charge in [0.2, 0.25) is 5.91 Å². The number of carbonyl (C=O) groups excluding carboxylic acids is 1. The largest absolute Gasteiger partial charge is 0.478 e. The van der Waals surface area contributed by atoms with E-state index in [4.69, 9.17) is 5.11 Å². The van der Waals surface area contributed by atoms with Crippen LogP contribution in [0.5, 0.6) is 0 Å². The van der Waals surface area contributed by atoms with Crippen LogP contribution in [0.4, 0.5) is 0 Å². The summed E-state index contributed by atoms with van der Waals surface area (Å²) in [5, 5.41) is 11.7. The average molecular weight is 253 g/mol. The third-order valence-electron chi connectivity index (χ3n) is 2.05. The van der Waals surface area contributed by atoms with Gasteiger partial charge in [0.1, 0.15) is 0 Å². The van der Waals surface area contributed by atoms with Gasteiger partial charge in [-0.1, -0.05) is 19.1 Å². The van der Waals surface area contributed by atoms with Crippen LogP contribution in [0.1, 0.15) is 23.7 Å². The summed E-state index contributed by atoms with van der Waals surface area (Å²) in [5.74, 6) is -0.802. The van der Waals surface area contributed by atoms with Crippen LogP contribution in [0.15, 0.2) is 29.2 Å². The van der Waals surface area contributed by atoms with E-state index < -0.39 is 5.97 Å². The molecule has 1 aromatic rings. The van der Waals surface area contributed by atoms with E-state index in [9.17, 15) is 9.59 Å². The fourth-order valence-corrected chi connectivity index (χ4v) is 2.10. The first-order valence-corrected chi connectivity index (χ1v) is 6.35. The number of nitrogens with one attached hydrogen (secondary N) is 1. The lowest BCUT2D eigenvalue weighted by atomic mass is 10.2. The monoisotopic (exact) mass is 253 g/mol. The predicted octanol–water partition coefficient (Wildman–Crippen LogP) is 2.00. The van der Waals surface area contributed by atoms with Gasteiger partial charge in [0, 0.05) is 11.4 Å². The quantitative estimate of drug-likeness (QED) is 0.761. The number of hydrogen-bond acceptors (Lipinski definition) is 3. The summed E-state index contributed by atoms with van der Waals surface area (Å²) >= 11 is 1.24. The number of hydrogen-bond donors (Lipinski definition) is 2. The summed E-state index contributed by atoms with van der Waals surface area (Å²) in [6, 6.07) is 6.68. The van der Waals surface area contributed by atoms with E-state index in [1.165, 1.54) is 17.8 Å². The molecule has 0 saturated carbocycles. The standard InChI is InChI=1S/C12H15NO3S/c1-2-7-13-11(14)8-17-10-6-4-3-5-9(10)12(15)16/h3-6H,2,7-8H2,1H3,(H,13,14)(H,15,16). The molecule has 0 aliphatic rings. The Morgan fingerprint density at radius 1 is 1.35 bits per heavy atom. The maximum Gasteiger partial charge on any atom is 0.336 e. The second kappa shape index (κ2) is 6.96. The highest BCUT2D eigenvalue weighted by molar-refractivity contribution is 8.00. The summed E-state index contributed by atoms with van der Waals surface area (Å²) in [6.07, 6.45) is 0.891. The van der Waals surface area contributed by atoms with Gasteiger partial charge in [-0.15, -0.1) is 11.8 Å². The van der Waals surface area contributed by atoms with Crippen LogP contribution in [-0.2, 0) is 4.79 Å². The second-order valence-corrected chi connectivity index (χ2v) is 4.46. The first-order chi connectivity index (χ1) is 8.15. The van der Waals surface area contributed by atoms with Crippen LogP contribution in [0.25, 0.3) is 0 Å². The molecule has 1 rings (SSSR count). The smallest absolute Gasteiger partial charge is 0.336 e. The fourth-order valence-electron chi connectivity index (χ4n) is 1.23. The molecule has 92 valence electrons. The Morgan fingerprint density at radius 3 is 2.71 bits per heavy atom. The zero-order valence-electron chi connectivity index (χ0n) is 9.60. The van der Waals surface area contributed by atoms with Crippen molar-refractivity contribution in [1.82, 2.24) is 5.32 Å². The molecule has 0 unspecified atom stereocenters. The van der Waals surface area contributed by atoms with Crippen molar-refractivity contribution < 1.29 is 14.7 Å². The third kappa shape index (κ3) is 4.48. The van der Waals surface area contributed by atoms with Gasteiger partial charge < -0.3 is 10.4 Å². The lowest BCUT2D eigenvalue weighted by molar-refractivity contribution is -0.118.